The number of hydrogen-bond donors (Lipinski definition) is 1. The summed E-state index contributed by atoms with van der Waals surface area (Å²) in [4.78, 5) is 10.9. The lowest BCUT2D eigenvalue weighted by Gasteiger charge is -2.33. The molecule has 0 bridgehead atoms. The lowest BCUT2D eigenvalue weighted by molar-refractivity contribution is -0.00596. The Hall–Kier alpha value is -2.14. The molecule has 5 rings (SSSR count). The van der Waals surface area contributed by atoms with Gasteiger partial charge in [0.25, 0.3) is 5.92 Å². The molecule has 2 fully saturated rings. The van der Waals surface area contributed by atoms with Crippen LogP contribution in [0.25, 0.3) is 11.3 Å². The number of fused-ring (bicyclic) bond motifs is 1. The highest BCUT2D eigenvalue weighted by atomic mass is 32.2. The van der Waals surface area contributed by atoms with Gasteiger partial charge in [0.2, 0.25) is 5.95 Å². The van der Waals surface area contributed by atoms with Crippen LogP contribution in [0.4, 0.5) is 27.9 Å². The third kappa shape index (κ3) is 5.03. The monoisotopic (exact) mass is 488 g/mol. The van der Waals surface area contributed by atoms with Gasteiger partial charge in [-0.2, -0.15) is 22.0 Å². The lowest BCUT2D eigenvalue weighted by Crippen LogP contribution is -2.42. The van der Waals surface area contributed by atoms with Crippen LogP contribution in [0, 0.1) is 0 Å². The van der Waals surface area contributed by atoms with Gasteiger partial charge < -0.3 is 10.6 Å². The fraction of sp³-hybridized carbons (Fsp3) is 0.545. The van der Waals surface area contributed by atoms with Crippen LogP contribution in [0.15, 0.2) is 24.3 Å². The number of anilines is 1. The second-order valence-electron chi connectivity index (χ2n) is 8.57. The van der Waals surface area contributed by atoms with Crippen molar-refractivity contribution in [1.82, 2.24) is 9.97 Å². The summed E-state index contributed by atoms with van der Waals surface area (Å²) in [6.45, 7) is -2.06. The summed E-state index contributed by atoms with van der Waals surface area (Å²) in [6.07, 6.45) is 2.48. The normalized spacial score (nSPS) is 25.8. The molecule has 1 aliphatic carbocycles. The number of halogens is 5. The third-order valence-electron chi connectivity index (χ3n) is 6.45. The first kappa shape index (κ1) is 24.0. The Balaban J connectivity index is 0.000000601. The van der Waals surface area contributed by atoms with Crippen LogP contribution in [-0.4, -0.2) is 45.5 Å². The molecule has 2 aliphatic heterocycles. The molecule has 180 valence electrons. The summed E-state index contributed by atoms with van der Waals surface area (Å²) in [7, 11) is -0.777. The maximum atomic E-state index is 14.4. The molecule has 11 heteroatoms. The van der Waals surface area contributed by atoms with E-state index < -0.39 is 28.9 Å². The Kier molecular flexibility index (Phi) is 6.73. The smallest absolute Gasteiger partial charge is 0.341 e. The first-order valence-corrected chi connectivity index (χ1v) is 12.3. The Labute approximate surface area is 191 Å². The summed E-state index contributed by atoms with van der Waals surface area (Å²) in [5.74, 6) is -1.26. The number of benzene rings is 1. The highest BCUT2D eigenvalue weighted by molar-refractivity contribution is 7.85. The van der Waals surface area contributed by atoms with Crippen LogP contribution in [-0.2, 0) is 28.7 Å². The molecule has 2 N–H and O–H groups in total. The number of hydrogen-bond acceptors (Lipinski definition) is 5. The number of nitrogens with zero attached hydrogens (tertiary/aromatic N) is 3. The maximum Gasteiger partial charge on any atom is 0.379 e. The Bertz CT molecular complexity index is 1020. The molecule has 0 spiro atoms. The fourth-order valence-electron chi connectivity index (χ4n) is 4.38. The van der Waals surface area contributed by atoms with Gasteiger partial charge in [-0.3, -0.25) is 4.21 Å². The standard InChI is InChI=1S/C21H24F2N4OS.CHF3/c22-21(23)7-6-16-17(25-19(26-18(16)21)27-10-1-11-27)14-2-4-15(5-3-14)20(24)8-12-29(28)13-9-20;2-1(3)4/h2-5H,1,6-13,24H2;1H. The van der Waals surface area contributed by atoms with E-state index in [2.05, 4.69) is 9.97 Å². The molecule has 1 aromatic heterocycles. The highest BCUT2D eigenvalue weighted by Crippen LogP contribution is 2.44. The summed E-state index contributed by atoms with van der Waals surface area (Å²) < 4.78 is 69.5. The van der Waals surface area contributed by atoms with Crippen molar-refractivity contribution in [2.24, 2.45) is 5.73 Å². The minimum atomic E-state index is -3.67. The molecular weight excluding hydrogens is 463 g/mol. The maximum absolute atomic E-state index is 14.4. The van der Waals surface area contributed by atoms with Gasteiger partial charge in [0.05, 0.1) is 5.69 Å². The van der Waals surface area contributed by atoms with Gasteiger partial charge in [0.1, 0.15) is 5.69 Å². The van der Waals surface area contributed by atoms with E-state index in [1.54, 1.807) is 0 Å². The fourth-order valence-corrected chi connectivity index (χ4v) is 5.76. The zero-order chi connectivity index (χ0) is 23.8. The largest absolute Gasteiger partial charge is 0.379 e. The predicted octanol–water partition coefficient (Wildman–Crippen LogP) is 4.27. The van der Waals surface area contributed by atoms with E-state index in [1.807, 2.05) is 29.2 Å². The van der Waals surface area contributed by atoms with Crippen LogP contribution >= 0.6 is 0 Å². The van der Waals surface area contributed by atoms with Crippen molar-refractivity contribution in [2.45, 2.75) is 50.2 Å². The van der Waals surface area contributed by atoms with E-state index in [0.29, 0.717) is 41.6 Å². The molecule has 0 atom stereocenters. The zero-order valence-electron chi connectivity index (χ0n) is 17.9. The van der Waals surface area contributed by atoms with E-state index in [-0.39, 0.29) is 18.5 Å². The zero-order valence-corrected chi connectivity index (χ0v) is 18.7. The molecule has 0 amide bonds. The molecule has 3 aliphatic rings. The van der Waals surface area contributed by atoms with Gasteiger partial charge in [-0.25, -0.2) is 9.97 Å². The molecule has 2 saturated heterocycles. The van der Waals surface area contributed by atoms with Crippen molar-refractivity contribution in [1.29, 1.82) is 0 Å². The Morgan fingerprint density at radius 3 is 2.15 bits per heavy atom. The molecular formula is C22H25F5N4OS. The van der Waals surface area contributed by atoms with E-state index in [1.165, 1.54) is 0 Å². The second kappa shape index (κ2) is 9.25. The summed E-state index contributed by atoms with van der Waals surface area (Å²) >= 11 is 0. The van der Waals surface area contributed by atoms with Crippen LogP contribution in [0.5, 0.6) is 0 Å². The summed E-state index contributed by atoms with van der Waals surface area (Å²) in [6, 6.07) is 7.78. The number of alkyl halides is 5. The molecule has 0 unspecified atom stereocenters. The van der Waals surface area contributed by atoms with Gasteiger partial charge >= 0.3 is 6.68 Å². The topological polar surface area (TPSA) is 72.1 Å². The van der Waals surface area contributed by atoms with Gasteiger partial charge in [-0.05, 0) is 31.2 Å². The Morgan fingerprint density at radius 2 is 1.61 bits per heavy atom. The summed E-state index contributed by atoms with van der Waals surface area (Å²) in [5, 5.41) is 0. The molecule has 2 aromatic rings. The van der Waals surface area contributed by atoms with E-state index in [9.17, 15) is 26.2 Å². The first-order valence-electron chi connectivity index (χ1n) is 10.8. The van der Waals surface area contributed by atoms with Gasteiger partial charge in [0, 0.05) is 58.5 Å². The summed E-state index contributed by atoms with van der Waals surface area (Å²) in [5.41, 5.74) is 8.97. The van der Waals surface area contributed by atoms with Crippen molar-refractivity contribution in [3.63, 3.8) is 0 Å². The van der Waals surface area contributed by atoms with E-state index in [0.717, 1.165) is 30.6 Å². The van der Waals surface area contributed by atoms with E-state index >= 15 is 0 Å². The minimum Gasteiger partial charge on any atom is -0.341 e. The van der Waals surface area contributed by atoms with Gasteiger partial charge in [-0.1, -0.05) is 24.3 Å². The molecule has 0 saturated carbocycles. The Morgan fingerprint density at radius 1 is 1.00 bits per heavy atom. The molecule has 0 radical (unpaired) electrons. The van der Waals surface area contributed by atoms with E-state index in [4.69, 9.17) is 5.73 Å². The van der Waals surface area contributed by atoms with Crippen molar-refractivity contribution < 1.29 is 26.2 Å². The van der Waals surface area contributed by atoms with Crippen LogP contribution in [0.2, 0.25) is 0 Å². The number of aromatic nitrogens is 2. The third-order valence-corrected chi connectivity index (χ3v) is 7.77. The predicted molar refractivity (Wildman–Crippen MR) is 117 cm³/mol. The molecule has 5 nitrogen and oxygen atoms in total. The highest BCUT2D eigenvalue weighted by Gasteiger charge is 2.43. The molecule has 1 aromatic carbocycles. The SMILES string of the molecule is FC(F)F.NC1(c2ccc(-c3nc(N4CCC4)nc4c3CCC4(F)F)cc2)CCS(=O)CC1. The van der Waals surface area contributed by atoms with Crippen LogP contribution in [0.3, 0.4) is 0 Å². The van der Waals surface area contributed by atoms with Crippen molar-refractivity contribution in [2.75, 3.05) is 29.5 Å². The van der Waals surface area contributed by atoms with Crippen LogP contribution in [0.1, 0.15) is 42.5 Å². The van der Waals surface area contributed by atoms with Crippen molar-refractivity contribution in [3.8, 4) is 11.3 Å². The van der Waals surface area contributed by atoms with Gasteiger partial charge in [-0.15, -0.1) is 0 Å². The number of rotatable bonds is 3. The quantitative estimate of drug-likeness (QED) is 0.654. The second-order valence-corrected chi connectivity index (χ2v) is 10.3. The van der Waals surface area contributed by atoms with Crippen molar-refractivity contribution in [3.05, 3.63) is 41.1 Å². The average molecular weight is 489 g/mol. The molecule has 33 heavy (non-hydrogen) atoms. The first-order chi connectivity index (χ1) is 15.6. The number of nitrogens with two attached hydrogens (primary N) is 1. The average Bonchev–Trinajstić information content (AvgIpc) is 3.03. The van der Waals surface area contributed by atoms with Gasteiger partial charge in [0.15, 0.2) is 0 Å². The molecule has 3 heterocycles. The minimum absolute atomic E-state index is 0.112. The lowest BCUT2D eigenvalue weighted by atomic mass is 9.85. The van der Waals surface area contributed by atoms with Crippen LogP contribution < -0.4 is 10.6 Å². The van der Waals surface area contributed by atoms with Crippen molar-refractivity contribution >= 4 is 16.7 Å².